The second-order valence-electron chi connectivity index (χ2n) is 3.69. The van der Waals surface area contributed by atoms with Gasteiger partial charge in [-0.3, -0.25) is 4.40 Å². The van der Waals surface area contributed by atoms with E-state index in [1.165, 1.54) is 0 Å². The summed E-state index contributed by atoms with van der Waals surface area (Å²) in [5, 5.41) is 8.29. The highest BCUT2D eigenvalue weighted by Gasteiger charge is 2.08. The molecule has 5 heteroatoms. The molecule has 2 heterocycles. The fourth-order valence-corrected chi connectivity index (χ4v) is 1.97. The van der Waals surface area contributed by atoms with E-state index in [4.69, 9.17) is 5.73 Å². The number of benzene rings is 1. The lowest BCUT2D eigenvalue weighted by molar-refractivity contribution is 1.11. The van der Waals surface area contributed by atoms with Crippen molar-refractivity contribution in [2.24, 2.45) is 0 Å². The van der Waals surface area contributed by atoms with E-state index < -0.39 is 0 Å². The number of nitrogens with zero attached hydrogens (tertiary/aromatic N) is 3. The summed E-state index contributed by atoms with van der Waals surface area (Å²) in [5.74, 6) is 0.791. The Kier molecular flexibility index (Phi) is 2.33. The van der Waals surface area contributed by atoms with Crippen LogP contribution in [0.4, 0.5) is 5.69 Å². The van der Waals surface area contributed by atoms with Crippen molar-refractivity contribution in [3.8, 4) is 11.4 Å². The van der Waals surface area contributed by atoms with Gasteiger partial charge in [0.15, 0.2) is 11.5 Å². The third-order valence-corrected chi connectivity index (χ3v) is 3.29. The molecule has 0 aliphatic heterocycles. The van der Waals surface area contributed by atoms with Crippen LogP contribution in [0.15, 0.2) is 47.1 Å². The number of nitrogen functional groups attached to an aromatic ring is 1. The Balaban J connectivity index is 2.24. The molecule has 0 fully saturated rings. The quantitative estimate of drug-likeness (QED) is 0.701. The molecular formula is C12H9BrN4. The second-order valence-corrected chi connectivity index (χ2v) is 4.54. The first kappa shape index (κ1) is 10.3. The van der Waals surface area contributed by atoms with E-state index in [9.17, 15) is 0 Å². The van der Waals surface area contributed by atoms with Crippen molar-refractivity contribution < 1.29 is 0 Å². The molecule has 0 saturated carbocycles. The maximum atomic E-state index is 5.87. The van der Waals surface area contributed by atoms with Gasteiger partial charge in [-0.15, -0.1) is 10.2 Å². The maximum absolute atomic E-state index is 5.87. The van der Waals surface area contributed by atoms with E-state index in [1.807, 2.05) is 47.0 Å². The van der Waals surface area contributed by atoms with Crippen LogP contribution < -0.4 is 5.73 Å². The summed E-state index contributed by atoms with van der Waals surface area (Å²) in [6.07, 6.45) is 1.93. The molecule has 0 spiro atoms. The molecule has 2 N–H and O–H groups in total. The molecule has 0 bridgehead atoms. The van der Waals surface area contributed by atoms with Gasteiger partial charge in [0.1, 0.15) is 0 Å². The predicted octanol–water partition coefficient (Wildman–Crippen LogP) is 2.74. The number of anilines is 1. The summed E-state index contributed by atoms with van der Waals surface area (Å²) in [6, 6.07) is 11.6. The fourth-order valence-electron chi connectivity index (χ4n) is 1.72. The Morgan fingerprint density at radius 1 is 1.12 bits per heavy atom. The highest BCUT2D eigenvalue weighted by Crippen LogP contribution is 2.26. The fraction of sp³-hybridized carbons (Fsp3) is 0. The lowest BCUT2D eigenvalue weighted by Gasteiger charge is -2.02. The van der Waals surface area contributed by atoms with Crippen LogP contribution in [-0.4, -0.2) is 14.6 Å². The minimum atomic E-state index is 0.690. The van der Waals surface area contributed by atoms with Crippen LogP contribution in [0.25, 0.3) is 17.0 Å². The molecule has 0 aliphatic rings. The maximum Gasteiger partial charge on any atom is 0.168 e. The number of halogens is 1. The summed E-state index contributed by atoms with van der Waals surface area (Å²) in [5.41, 5.74) is 8.33. The smallest absolute Gasteiger partial charge is 0.168 e. The summed E-state index contributed by atoms with van der Waals surface area (Å²) in [7, 11) is 0. The van der Waals surface area contributed by atoms with Gasteiger partial charge in [0.25, 0.3) is 0 Å². The number of aromatic nitrogens is 3. The Morgan fingerprint density at radius 2 is 2.00 bits per heavy atom. The van der Waals surface area contributed by atoms with Crippen LogP contribution in [0.2, 0.25) is 0 Å². The molecule has 0 radical (unpaired) electrons. The molecule has 3 rings (SSSR count). The molecule has 4 nitrogen and oxygen atoms in total. The lowest BCUT2D eigenvalue weighted by Crippen LogP contribution is -1.91. The molecule has 0 unspecified atom stereocenters. The van der Waals surface area contributed by atoms with E-state index in [0.29, 0.717) is 5.69 Å². The average Bonchev–Trinajstić information content (AvgIpc) is 2.76. The first-order chi connectivity index (χ1) is 8.25. The normalized spacial score (nSPS) is 10.9. The summed E-state index contributed by atoms with van der Waals surface area (Å²) in [4.78, 5) is 0. The zero-order valence-electron chi connectivity index (χ0n) is 8.84. The van der Waals surface area contributed by atoms with Gasteiger partial charge < -0.3 is 5.73 Å². The molecule has 2 aromatic heterocycles. The second kappa shape index (κ2) is 3.85. The van der Waals surface area contributed by atoms with Crippen LogP contribution >= 0.6 is 15.9 Å². The minimum absolute atomic E-state index is 0.690. The molecule has 17 heavy (non-hydrogen) atoms. The van der Waals surface area contributed by atoms with Crippen molar-refractivity contribution in [3.63, 3.8) is 0 Å². The molecule has 0 aliphatic carbocycles. The Labute approximate surface area is 106 Å². The number of hydrogen-bond acceptors (Lipinski definition) is 3. The zero-order valence-corrected chi connectivity index (χ0v) is 10.4. The summed E-state index contributed by atoms with van der Waals surface area (Å²) in [6.45, 7) is 0. The van der Waals surface area contributed by atoms with Crippen molar-refractivity contribution in [2.45, 2.75) is 0 Å². The Morgan fingerprint density at radius 3 is 2.82 bits per heavy atom. The third kappa shape index (κ3) is 1.68. The van der Waals surface area contributed by atoms with Gasteiger partial charge in [-0.25, -0.2) is 0 Å². The van der Waals surface area contributed by atoms with Gasteiger partial charge in [0.05, 0.1) is 0 Å². The Hall–Kier alpha value is -1.88. The van der Waals surface area contributed by atoms with E-state index in [0.717, 1.165) is 21.5 Å². The van der Waals surface area contributed by atoms with E-state index in [2.05, 4.69) is 26.1 Å². The van der Waals surface area contributed by atoms with Gasteiger partial charge in [-0.2, -0.15) is 0 Å². The predicted molar refractivity (Wildman–Crippen MR) is 70.5 cm³/mol. The molecule has 84 valence electrons. The summed E-state index contributed by atoms with van der Waals surface area (Å²) >= 11 is 3.37. The van der Waals surface area contributed by atoms with Gasteiger partial charge in [-0.1, -0.05) is 6.07 Å². The molecule has 1 aromatic carbocycles. The average molecular weight is 289 g/mol. The first-order valence-corrected chi connectivity index (χ1v) is 5.90. The number of fused-ring (bicyclic) bond motifs is 1. The van der Waals surface area contributed by atoms with Gasteiger partial charge in [0, 0.05) is 21.9 Å². The zero-order chi connectivity index (χ0) is 11.8. The molecule has 0 saturated heterocycles. The highest BCUT2D eigenvalue weighted by molar-refractivity contribution is 9.10. The van der Waals surface area contributed by atoms with Crippen molar-refractivity contribution >= 4 is 27.3 Å². The molecule has 3 aromatic rings. The van der Waals surface area contributed by atoms with Gasteiger partial charge in [0.2, 0.25) is 0 Å². The largest absolute Gasteiger partial charge is 0.398 e. The third-order valence-electron chi connectivity index (χ3n) is 2.57. The van der Waals surface area contributed by atoms with Crippen molar-refractivity contribution in [2.75, 3.05) is 5.73 Å². The topological polar surface area (TPSA) is 56.2 Å². The minimum Gasteiger partial charge on any atom is -0.398 e. The number of rotatable bonds is 1. The SMILES string of the molecule is Nc1cc(-c2nnc3ccccn23)ccc1Br. The van der Waals surface area contributed by atoms with Crippen molar-refractivity contribution in [1.29, 1.82) is 0 Å². The van der Waals surface area contributed by atoms with Crippen LogP contribution in [0.3, 0.4) is 0 Å². The van der Waals surface area contributed by atoms with E-state index in [1.54, 1.807) is 0 Å². The summed E-state index contributed by atoms with van der Waals surface area (Å²) < 4.78 is 2.82. The molecule has 0 atom stereocenters. The number of hydrogen-bond donors (Lipinski definition) is 1. The van der Waals surface area contributed by atoms with Crippen LogP contribution in [-0.2, 0) is 0 Å². The van der Waals surface area contributed by atoms with E-state index in [-0.39, 0.29) is 0 Å². The molecular weight excluding hydrogens is 280 g/mol. The van der Waals surface area contributed by atoms with E-state index >= 15 is 0 Å². The number of nitrogens with two attached hydrogens (primary N) is 1. The molecule has 0 amide bonds. The van der Waals surface area contributed by atoms with Crippen LogP contribution in [0.5, 0.6) is 0 Å². The van der Waals surface area contributed by atoms with Crippen LogP contribution in [0, 0.1) is 0 Å². The monoisotopic (exact) mass is 288 g/mol. The first-order valence-electron chi connectivity index (χ1n) is 5.11. The lowest BCUT2D eigenvalue weighted by atomic mass is 10.2. The van der Waals surface area contributed by atoms with Crippen LogP contribution in [0.1, 0.15) is 0 Å². The number of pyridine rings is 1. The van der Waals surface area contributed by atoms with Crippen molar-refractivity contribution in [1.82, 2.24) is 14.6 Å². The highest BCUT2D eigenvalue weighted by atomic mass is 79.9. The van der Waals surface area contributed by atoms with Crippen molar-refractivity contribution in [3.05, 3.63) is 47.1 Å². The van der Waals surface area contributed by atoms with Gasteiger partial charge >= 0.3 is 0 Å². The Bertz CT molecular complexity index is 690. The standard InChI is InChI=1S/C12H9BrN4/c13-9-5-4-8(7-10(9)14)12-16-15-11-3-1-2-6-17(11)12/h1-7H,14H2. The van der Waals surface area contributed by atoms with Gasteiger partial charge in [-0.05, 0) is 46.3 Å².